The standard InChI is InChI=1S/C12H18O2.C6H6/c1-2-3-4-5-7-10-11(13)8-6-9-12(10)14;1-2-4-6-5-3-1/h6,8-9,13-14H,2-5,7H2,1H3;1-6H. The number of benzene rings is 2. The number of phenolic OH excluding ortho intramolecular Hbond substituents is 2. The minimum atomic E-state index is 0.210. The first-order valence-electron chi connectivity index (χ1n) is 7.25. The lowest BCUT2D eigenvalue weighted by Crippen LogP contribution is -1.87. The fourth-order valence-corrected chi connectivity index (χ4v) is 1.93. The lowest BCUT2D eigenvalue weighted by molar-refractivity contribution is 0.436. The van der Waals surface area contributed by atoms with E-state index in [4.69, 9.17) is 0 Å². The van der Waals surface area contributed by atoms with E-state index in [9.17, 15) is 10.2 Å². The molecule has 0 aliphatic carbocycles. The molecule has 2 heteroatoms. The molecule has 0 unspecified atom stereocenters. The van der Waals surface area contributed by atoms with Crippen molar-refractivity contribution in [1.82, 2.24) is 0 Å². The molecule has 2 N–H and O–H groups in total. The Kier molecular flexibility index (Phi) is 7.97. The van der Waals surface area contributed by atoms with E-state index in [0.717, 1.165) is 19.3 Å². The van der Waals surface area contributed by atoms with E-state index in [1.54, 1.807) is 18.2 Å². The van der Waals surface area contributed by atoms with Crippen molar-refractivity contribution in [3.05, 3.63) is 60.2 Å². The molecule has 0 aliphatic rings. The van der Waals surface area contributed by atoms with Gasteiger partial charge in [0.05, 0.1) is 0 Å². The lowest BCUT2D eigenvalue weighted by Gasteiger charge is -2.06. The number of unbranched alkanes of at least 4 members (excludes halogenated alkanes) is 3. The van der Waals surface area contributed by atoms with Crippen LogP contribution in [0.1, 0.15) is 38.2 Å². The summed E-state index contributed by atoms with van der Waals surface area (Å²) in [4.78, 5) is 0. The van der Waals surface area contributed by atoms with Crippen LogP contribution in [0.2, 0.25) is 0 Å². The van der Waals surface area contributed by atoms with Gasteiger partial charge >= 0.3 is 0 Å². The molecule has 2 aromatic rings. The van der Waals surface area contributed by atoms with E-state index in [0.29, 0.717) is 5.56 Å². The van der Waals surface area contributed by atoms with Gasteiger partial charge in [-0.2, -0.15) is 0 Å². The van der Waals surface area contributed by atoms with Gasteiger partial charge in [0.2, 0.25) is 0 Å². The molecular formula is C18H24O2. The van der Waals surface area contributed by atoms with Crippen LogP contribution in [0.3, 0.4) is 0 Å². The summed E-state index contributed by atoms with van der Waals surface area (Å²) < 4.78 is 0. The Labute approximate surface area is 121 Å². The first-order chi connectivity index (χ1) is 9.75. The highest BCUT2D eigenvalue weighted by Crippen LogP contribution is 2.27. The maximum atomic E-state index is 9.49. The summed E-state index contributed by atoms with van der Waals surface area (Å²) >= 11 is 0. The summed E-state index contributed by atoms with van der Waals surface area (Å²) in [6.45, 7) is 2.16. The number of hydrogen-bond acceptors (Lipinski definition) is 2. The van der Waals surface area contributed by atoms with Crippen molar-refractivity contribution >= 4 is 0 Å². The highest BCUT2D eigenvalue weighted by Gasteiger charge is 2.05. The summed E-state index contributed by atoms with van der Waals surface area (Å²) in [7, 11) is 0. The van der Waals surface area contributed by atoms with Crippen LogP contribution in [0, 0.1) is 0 Å². The smallest absolute Gasteiger partial charge is 0.122 e. The van der Waals surface area contributed by atoms with Crippen molar-refractivity contribution in [2.75, 3.05) is 0 Å². The molecule has 20 heavy (non-hydrogen) atoms. The molecular weight excluding hydrogens is 248 g/mol. The SMILES string of the molecule is CCCCCCc1c(O)cccc1O.c1ccccc1. The zero-order valence-corrected chi connectivity index (χ0v) is 12.1. The molecule has 0 saturated carbocycles. The monoisotopic (exact) mass is 272 g/mol. The average molecular weight is 272 g/mol. The van der Waals surface area contributed by atoms with E-state index < -0.39 is 0 Å². The van der Waals surface area contributed by atoms with Gasteiger partial charge in [-0.25, -0.2) is 0 Å². The molecule has 0 aromatic heterocycles. The van der Waals surface area contributed by atoms with Crippen molar-refractivity contribution in [3.63, 3.8) is 0 Å². The lowest BCUT2D eigenvalue weighted by atomic mass is 10.0. The van der Waals surface area contributed by atoms with Gasteiger partial charge in [0.15, 0.2) is 0 Å². The zero-order chi connectivity index (χ0) is 14.6. The van der Waals surface area contributed by atoms with Gasteiger partial charge in [-0.3, -0.25) is 0 Å². The van der Waals surface area contributed by atoms with Crippen molar-refractivity contribution in [2.45, 2.75) is 39.0 Å². The van der Waals surface area contributed by atoms with Gasteiger partial charge in [0, 0.05) is 5.56 Å². The minimum Gasteiger partial charge on any atom is -0.508 e. The van der Waals surface area contributed by atoms with Crippen LogP contribution in [-0.2, 0) is 6.42 Å². The molecule has 0 spiro atoms. The maximum absolute atomic E-state index is 9.49. The summed E-state index contributed by atoms with van der Waals surface area (Å²) in [5, 5.41) is 19.0. The molecule has 0 atom stereocenters. The van der Waals surface area contributed by atoms with Gasteiger partial charge in [-0.05, 0) is 25.0 Å². The van der Waals surface area contributed by atoms with Crippen molar-refractivity contribution in [1.29, 1.82) is 0 Å². The van der Waals surface area contributed by atoms with Crippen LogP contribution in [0.4, 0.5) is 0 Å². The van der Waals surface area contributed by atoms with Crippen LogP contribution in [0.15, 0.2) is 54.6 Å². The molecule has 0 aliphatic heterocycles. The Balaban J connectivity index is 0.000000276. The average Bonchev–Trinajstić information content (AvgIpc) is 2.48. The van der Waals surface area contributed by atoms with Crippen molar-refractivity contribution < 1.29 is 10.2 Å². The number of phenols is 2. The van der Waals surface area contributed by atoms with Crippen molar-refractivity contribution in [3.8, 4) is 11.5 Å². The summed E-state index contributed by atoms with van der Waals surface area (Å²) in [6, 6.07) is 16.9. The van der Waals surface area contributed by atoms with E-state index >= 15 is 0 Å². The van der Waals surface area contributed by atoms with Gasteiger partial charge in [0.25, 0.3) is 0 Å². The van der Waals surface area contributed by atoms with Crippen LogP contribution in [0.25, 0.3) is 0 Å². The second-order valence-electron chi connectivity index (χ2n) is 4.74. The van der Waals surface area contributed by atoms with Crippen LogP contribution >= 0.6 is 0 Å². The fraction of sp³-hybridized carbons (Fsp3) is 0.333. The second-order valence-corrected chi connectivity index (χ2v) is 4.74. The van der Waals surface area contributed by atoms with Crippen LogP contribution in [-0.4, -0.2) is 10.2 Å². The fourth-order valence-electron chi connectivity index (χ4n) is 1.93. The Bertz CT molecular complexity index is 419. The summed E-state index contributed by atoms with van der Waals surface area (Å²) in [5.41, 5.74) is 0.684. The molecule has 2 aromatic carbocycles. The predicted molar refractivity (Wildman–Crippen MR) is 84.1 cm³/mol. The predicted octanol–water partition coefficient (Wildman–Crippen LogP) is 4.91. The number of aromatic hydroxyl groups is 2. The molecule has 0 amide bonds. The molecule has 108 valence electrons. The first kappa shape index (κ1) is 16.1. The zero-order valence-electron chi connectivity index (χ0n) is 12.1. The Hall–Kier alpha value is -1.96. The number of rotatable bonds is 5. The van der Waals surface area contributed by atoms with E-state index in [2.05, 4.69) is 6.92 Å². The molecule has 0 saturated heterocycles. The summed E-state index contributed by atoms with van der Waals surface area (Å²) in [5.74, 6) is 0.419. The van der Waals surface area contributed by atoms with E-state index in [-0.39, 0.29) is 11.5 Å². The van der Waals surface area contributed by atoms with Crippen LogP contribution < -0.4 is 0 Å². The van der Waals surface area contributed by atoms with Gasteiger partial charge in [0.1, 0.15) is 11.5 Å². The highest BCUT2D eigenvalue weighted by molar-refractivity contribution is 5.42. The molecule has 2 nitrogen and oxygen atoms in total. The summed E-state index contributed by atoms with van der Waals surface area (Å²) in [6.07, 6.45) is 5.36. The highest BCUT2D eigenvalue weighted by atomic mass is 16.3. The van der Waals surface area contributed by atoms with Gasteiger partial charge < -0.3 is 10.2 Å². The molecule has 0 fully saturated rings. The normalized spacial score (nSPS) is 9.65. The van der Waals surface area contributed by atoms with Crippen LogP contribution in [0.5, 0.6) is 11.5 Å². The minimum absolute atomic E-state index is 0.210. The topological polar surface area (TPSA) is 40.5 Å². The number of hydrogen-bond donors (Lipinski definition) is 2. The Morgan fingerprint density at radius 2 is 1.20 bits per heavy atom. The quantitative estimate of drug-likeness (QED) is 0.759. The largest absolute Gasteiger partial charge is 0.508 e. The second kappa shape index (κ2) is 9.90. The molecule has 0 bridgehead atoms. The van der Waals surface area contributed by atoms with Gasteiger partial charge in [-0.15, -0.1) is 0 Å². The molecule has 0 heterocycles. The van der Waals surface area contributed by atoms with E-state index in [1.807, 2.05) is 36.4 Å². The molecule has 0 radical (unpaired) electrons. The third kappa shape index (κ3) is 6.28. The molecule has 2 rings (SSSR count). The third-order valence-corrected chi connectivity index (χ3v) is 3.07. The Morgan fingerprint density at radius 1 is 0.700 bits per heavy atom. The Morgan fingerprint density at radius 3 is 1.65 bits per heavy atom. The first-order valence-corrected chi connectivity index (χ1v) is 7.25. The van der Waals surface area contributed by atoms with E-state index in [1.165, 1.54) is 12.8 Å². The third-order valence-electron chi connectivity index (χ3n) is 3.07. The maximum Gasteiger partial charge on any atom is 0.122 e. The van der Waals surface area contributed by atoms with Gasteiger partial charge in [-0.1, -0.05) is 68.7 Å². The van der Waals surface area contributed by atoms with Crippen molar-refractivity contribution in [2.24, 2.45) is 0 Å².